The summed E-state index contributed by atoms with van der Waals surface area (Å²) in [7, 11) is 0. The van der Waals surface area contributed by atoms with Crippen LogP contribution in [-0.4, -0.2) is 48.7 Å². The van der Waals surface area contributed by atoms with Crippen LogP contribution >= 0.6 is 0 Å². The summed E-state index contributed by atoms with van der Waals surface area (Å²) in [6.45, 7) is 13.6. The van der Waals surface area contributed by atoms with Crippen LogP contribution < -0.4 is 10.2 Å². The SMILES string of the molecule is CC(C)(C)OC(=O)N1CCN(c2cc(C(C)(C)C)ccc2C(=O)Nc2ccc(C(F)(F)F)cc2)CC1. The van der Waals surface area contributed by atoms with Crippen LogP contribution in [0.5, 0.6) is 0 Å². The minimum absolute atomic E-state index is 0.157. The van der Waals surface area contributed by atoms with Crippen LogP contribution in [-0.2, 0) is 16.3 Å². The second-order valence-corrected chi connectivity index (χ2v) is 11.0. The highest BCUT2D eigenvalue weighted by Gasteiger charge is 2.31. The van der Waals surface area contributed by atoms with E-state index in [9.17, 15) is 22.8 Å². The first-order chi connectivity index (χ1) is 16.5. The van der Waals surface area contributed by atoms with Gasteiger partial charge in [-0.05, 0) is 68.1 Å². The maximum Gasteiger partial charge on any atom is 0.416 e. The fourth-order valence-corrected chi connectivity index (χ4v) is 3.85. The zero-order valence-corrected chi connectivity index (χ0v) is 21.6. The summed E-state index contributed by atoms with van der Waals surface area (Å²) in [5.74, 6) is -0.417. The molecule has 1 N–H and O–H groups in total. The number of halogens is 3. The molecule has 2 aromatic rings. The Morgan fingerprint density at radius 3 is 1.89 bits per heavy atom. The van der Waals surface area contributed by atoms with E-state index in [0.29, 0.717) is 31.7 Å². The number of carbonyl (C=O) groups excluding carboxylic acids is 2. The average Bonchev–Trinajstić information content (AvgIpc) is 2.77. The first kappa shape index (κ1) is 27.4. The van der Waals surface area contributed by atoms with E-state index in [-0.39, 0.29) is 17.2 Å². The van der Waals surface area contributed by atoms with Crippen molar-refractivity contribution in [3.05, 3.63) is 59.2 Å². The molecule has 0 saturated carbocycles. The Morgan fingerprint density at radius 1 is 0.833 bits per heavy atom. The van der Waals surface area contributed by atoms with E-state index in [2.05, 4.69) is 31.0 Å². The van der Waals surface area contributed by atoms with Crippen molar-refractivity contribution in [3.63, 3.8) is 0 Å². The molecule has 0 aromatic heterocycles. The first-order valence-electron chi connectivity index (χ1n) is 11.9. The third kappa shape index (κ3) is 6.92. The van der Waals surface area contributed by atoms with Crippen LogP contribution in [0.1, 0.15) is 63.0 Å². The van der Waals surface area contributed by atoms with Gasteiger partial charge in [-0.3, -0.25) is 4.79 Å². The maximum atomic E-state index is 13.2. The number of benzene rings is 2. The number of anilines is 2. The van der Waals surface area contributed by atoms with E-state index in [1.165, 1.54) is 12.1 Å². The highest BCUT2D eigenvalue weighted by Crippen LogP contribution is 2.32. The Labute approximate surface area is 210 Å². The van der Waals surface area contributed by atoms with E-state index in [1.807, 2.05) is 32.9 Å². The number of rotatable bonds is 3. The van der Waals surface area contributed by atoms with Crippen molar-refractivity contribution in [2.24, 2.45) is 0 Å². The minimum Gasteiger partial charge on any atom is -0.444 e. The number of ether oxygens (including phenoxy) is 1. The molecule has 1 heterocycles. The topological polar surface area (TPSA) is 61.9 Å². The molecule has 1 aliphatic heterocycles. The van der Waals surface area contributed by atoms with E-state index in [4.69, 9.17) is 4.74 Å². The number of alkyl halides is 3. The number of piperazine rings is 1. The van der Waals surface area contributed by atoms with Crippen molar-refractivity contribution in [2.75, 3.05) is 36.4 Å². The molecule has 1 saturated heterocycles. The molecule has 9 heteroatoms. The first-order valence-corrected chi connectivity index (χ1v) is 11.9. The number of hydrogen-bond acceptors (Lipinski definition) is 4. The van der Waals surface area contributed by atoms with E-state index < -0.39 is 23.2 Å². The van der Waals surface area contributed by atoms with Crippen LogP contribution in [0.3, 0.4) is 0 Å². The molecular formula is C27H34F3N3O3. The molecular weight excluding hydrogens is 471 g/mol. The third-order valence-corrected chi connectivity index (χ3v) is 5.85. The Balaban J connectivity index is 1.82. The monoisotopic (exact) mass is 505 g/mol. The van der Waals surface area contributed by atoms with Crippen LogP contribution in [0, 0.1) is 0 Å². The van der Waals surface area contributed by atoms with Gasteiger partial charge < -0.3 is 19.9 Å². The molecule has 0 bridgehead atoms. The number of nitrogens with one attached hydrogen (secondary N) is 1. The molecule has 196 valence electrons. The summed E-state index contributed by atoms with van der Waals surface area (Å²) in [5.41, 5.74) is 0.920. The van der Waals surface area contributed by atoms with Crippen molar-refractivity contribution in [1.29, 1.82) is 0 Å². The van der Waals surface area contributed by atoms with Gasteiger partial charge in [0.25, 0.3) is 5.91 Å². The lowest BCUT2D eigenvalue weighted by atomic mass is 9.86. The number of nitrogens with zero attached hydrogens (tertiary/aromatic N) is 2. The molecule has 6 nitrogen and oxygen atoms in total. The molecule has 0 atom stereocenters. The van der Waals surface area contributed by atoms with Crippen LogP contribution in [0.4, 0.5) is 29.3 Å². The summed E-state index contributed by atoms with van der Waals surface area (Å²) in [6, 6.07) is 9.97. The Hall–Kier alpha value is -3.23. The van der Waals surface area contributed by atoms with Gasteiger partial charge in [0.15, 0.2) is 0 Å². The van der Waals surface area contributed by atoms with Crippen molar-refractivity contribution in [1.82, 2.24) is 4.90 Å². The molecule has 0 unspecified atom stereocenters. The molecule has 2 aromatic carbocycles. The fourth-order valence-electron chi connectivity index (χ4n) is 3.85. The third-order valence-electron chi connectivity index (χ3n) is 5.85. The molecule has 2 amide bonds. The van der Waals surface area contributed by atoms with E-state index >= 15 is 0 Å². The maximum absolute atomic E-state index is 13.2. The van der Waals surface area contributed by atoms with Gasteiger partial charge in [-0.2, -0.15) is 13.2 Å². The largest absolute Gasteiger partial charge is 0.444 e. The van der Waals surface area contributed by atoms with Crippen molar-refractivity contribution in [3.8, 4) is 0 Å². The predicted molar refractivity (Wildman–Crippen MR) is 135 cm³/mol. The summed E-state index contributed by atoms with van der Waals surface area (Å²) >= 11 is 0. The lowest BCUT2D eigenvalue weighted by molar-refractivity contribution is -0.137. The van der Waals surface area contributed by atoms with E-state index in [0.717, 1.165) is 23.4 Å². The fraction of sp³-hybridized carbons (Fsp3) is 0.481. The van der Waals surface area contributed by atoms with Crippen LogP contribution in [0.25, 0.3) is 0 Å². The predicted octanol–water partition coefficient (Wildman–Crippen LogP) is 6.31. The Kier molecular flexibility index (Phi) is 7.62. The second kappa shape index (κ2) is 10.0. The second-order valence-electron chi connectivity index (χ2n) is 11.0. The van der Waals surface area contributed by atoms with Crippen molar-refractivity contribution >= 4 is 23.4 Å². The van der Waals surface area contributed by atoms with Gasteiger partial charge >= 0.3 is 12.3 Å². The van der Waals surface area contributed by atoms with Gasteiger partial charge in [-0.1, -0.05) is 26.8 Å². The lowest BCUT2D eigenvalue weighted by Gasteiger charge is -2.38. The standard InChI is InChI=1S/C27H34F3N3O3/c1-25(2,3)19-9-12-21(23(34)31-20-10-7-18(8-11-20)27(28,29)30)22(17-19)32-13-15-33(16-14-32)24(35)36-26(4,5)6/h7-12,17H,13-16H2,1-6H3,(H,31,34). The highest BCUT2D eigenvalue weighted by atomic mass is 19.4. The molecule has 3 rings (SSSR count). The number of hydrogen-bond donors (Lipinski definition) is 1. The quantitative estimate of drug-likeness (QED) is 0.531. The van der Waals surface area contributed by atoms with E-state index in [1.54, 1.807) is 11.0 Å². The van der Waals surface area contributed by atoms with Gasteiger partial charge in [0.1, 0.15) is 5.60 Å². The smallest absolute Gasteiger partial charge is 0.416 e. The molecule has 0 spiro atoms. The summed E-state index contributed by atoms with van der Waals surface area (Å²) in [4.78, 5) is 29.4. The molecule has 1 fully saturated rings. The Morgan fingerprint density at radius 2 is 1.39 bits per heavy atom. The van der Waals surface area contributed by atoms with Crippen molar-refractivity contribution < 1.29 is 27.5 Å². The number of amides is 2. The van der Waals surface area contributed by atoms with Gasteiger partial charge in [-0.25, -0.2) is 4.79 Å². The highest BCUT2D eigenvalue weighted by molar-refractivity contribution is 6.08. The zero-order chi connectivity index (χ0) is 26.9. The van der Waals surface area contributed by atoms with Gasteiger partial charge in [0.2, 0.25) is 0 Å². The van der Waals surface area contributed by atoms with Gasteiger partial charge in [-0.15, -0.1) is 0 Å². The van der Waals surface area contributed by atoms with Crippen molar-refractivity contribution in [2.45, 2.75) is 58.7 Å². The van der Waals surface area contributed by atoms with Crippen LogP contribution in [0.15, 0.2) is 42.5 Å². The average molecular weight is 506 g/mol. The summed E-state index contributed by atoms with van der Waals surface area (Å²) in [5, 5.41) is 2.71. The minimum atomic E-state index is -4.44. The molecule has 0 aliphatic carbocycles. The molecule has 1 aliphatic rings. The van der Waals surface area contributed by atoms with Crippen LogP contribution in [0.2, 0.25) is 0 Å². The summed E-state index contributed by atoms with van der Waals surface area (Å²) in [6.07, 6.45) is -4.81. The molecule has 36 heavy (non-hydrogen) atoms. The van der Waals surface area contributed by atoms with Gasteiger partial charge in [0.05, 0.1) is 11.1 Å². The molecule has 0 radical (unpaired) electrons. The Bertz CT molecular complexity index is 1090. The van der Waals surface area contributed by atoms with Gasteiger partial charge in [0, 0.05) is 37.6 Å². The summed E-state index contributed by atoms with van der Waals surface area (Å²) < 4.78 is 44.1. The normalized spacial score (nSPS) is 15.0. The lowest BCUT2D eigenvalue weighted by Crippen LogP contribution is -2.50. The zero-order valence-electron chi connectivity index (χ0n) is 21.6. The number of carbonyl (C=O) groups is 2.